The molecule has 5 nitrogen and oxygen atoms in total. The molecule has 1 aromatic heterocycles. The van der Waals surface area contributed by atoms with E-state index in [4.69, 9.17) is 5.11 Å². The number of aromatic nitrogens is 1. The Balaban J connectivity index is 2.12. The first-order valence-corrected chi connectivity index (χ1v) is 6.18. The second-order valence-electron chi connectivity index (χ2n) is 4.88. The number of hydrogen-bond donors (Lipinski definition) is 1. The lowest BCUT2D eigenvalue weighted by atomic mass is 10.0. The van der Waals surface area contributed by atoms with E-state index in [2.05, 4.69) is 28.9 Å². The Labute approximate surface area is 107 Å². The SMILES string of the molecule is CN(C)C1CCN(c2ccncc2C(=O)O)CC1. The predicted octanol–water partition coefficient (Wildman–Crippen LogP) is 1.31. The molecule has 1 aromatic rings. The van der Waals surface area contributed by atoms with Gasteiger partial charge in [0.25, 0.3) is 0 Å². The Morgan fingerprint density at radius 3 is 2.67 bits per heavy atom. The van der Waals surface area contributed by atoms with Crippen molar-refractivity contribution in [2.75, 3.05) is 32.1 Å². The van der Waals surface area contributed by atoms with Crippen molar-refractivity contribution in [2.24, 2.45) is 0 Å². The highest BCUT2D eigenvalue weighted by atomic mass is 16.4. The number of anilines is 1. The number of rotatable bonds is 3. The zero-order valence-corrected chi connectivity index (χ0v) is 10.8. The van der Waals surface area contributed by atoms with Gasteiger partial charge in [0.15, 0.2) is 0 Å². The highest BCUT2D eigenvalue weighted by Crippen LogP contribution is 2.24. The van der Waals surface area contributed by atoms with Crippen LogP contribution in [0.5, 0.6) is 0 Å². The minimum Gasteiger partial charge on any atom is -0.478 e. The van der Waals surface area contributed by atoms with Gasteiger partial charge in [0, 0.05) is 31.5 Å². The Bertz CT molecular complexity index is 426. The van der Waals surface area contributed by atoms with E-state index in [0.717, 1.165) is 31.6 Å². The van der Waals surface area contributed by atoms with Gasteiger partial charge in [-0.15, -0.1) is 0 Å². The summed E-state index contributed by atoms with van der Waals surface area (Å²) in [5, 5.41) is 9.16. The topological polar surface area (TPSA) is 56.7 Å². The van der Waals surface area contributed by atoms with Crippen LogP contribution in [-0.2, 0) is 0 Å². The van der Waals surface area contributed by atoms with Gasteiger partial charge in [-0.3, -0.25) is 4.98 Å². The molecule has 98 valence electrons. The molecule has 1 aliphatic heterocycles. The van der Waals surface area contributed by atoms with Crippen LogP contribution in [0.15, 0.2) is 18.5 Å². The Morgan fingerprint density at radius 1 is 1.44 bits per heavy atom. The lowest BCUT2D eigenvalue weighted by Crippen LogP contribution is -2.42. The highest BCUT2D eigenvalue weighted by molar-refractivity contribution is 5.94. The van der Waals surface area contributed by atoms with Gasteiger partial charge in [0.1, 0.15) is 5.56 Å². The summed E-state index contributed by atoms with van der Waals surface area (Å²) in [6.07, 6.45) is 5.21. The van der Waals surface area contributed by atoms with Crippen molar-refractivity contribution in [2.45, 2.75) is 18.9 Å². The molecule has 0 aliphatic carbocycles. The van der Waals surface area contributed by atoms with Crippen LogP contribution in [-0.4, -0.2) is 54.2 Å². The number of nitrogens with zero attached hydrogens (tertiary/aromatic N) is 3. The van der Waals surface area contributed by atoms with Crippen molar-refractivity contribution >= 4 is 11.7 Å². The number of piperidine rings is 1. The molecule has 0 radical (unpaired) electrons. The van der Waals surface area contributed by atoms with E-state index in [1.54, 1.807) is 12.3 Å². The smallest absolute Gasteiger partial charge is 0.339 e. The van der Waals surface area contributed by atoms with Crippen molar-refractivity contribution in [1.29, 1.82) is 0 Å². The first-order chi connectivity index (χ1) is 8.59. The third-order valence-electron chi connectivity index (χ3n) is 3.56. The van der Waals surface area contributed by atoms with E-state index in [1.807, 2.05) is 0 Å². The summed E-state index contributed by atoms with van der Waals surface area (Å²) in [5.74, 6) is -0.909. The van der Waals surface area contributed by atoms with Crippen LogP contribution in [0.1, 0.15) is 23.2 Å². The Hall–Kier alpha value is -1.62. The van der Waals surface area contributed by atoms with Gasteiger partial charge in [-0.1, -0.05) is 0 Å². The first kappa shape index (κ1) is 12.8. The quantitative estimate of drug-likeness (QED) is 0.875. The lowest BCUT2D eigenvalue weighted by Gasteiger charge is -2.36. The molecule has 0 spiro atoms. The monoisotopic (exact) mass is 249 g/mol. The molecule has 1 fully saturated rings. The standard InChI is InChI=1S/C13H19N3O2/c1-15(2)10-4-7-16(8-5-10)12-3-6-14-9-11(12)13(17)18/h3,6,9-10H,4-5,7-8H2,1-2H3,(H,17,18). The molecule has 0 amide bonds. The number of carbonyl (C=O) groups is 1. The average molecular weight is 249 g/mol. The van der Waals surface area contributed by atoms with Gasteiger partial charge >= 0.3 is 5.97 Å². The zero-order chi connectivity index (χ0) is 13.1. The second kappa shape index (κ2) is 5.35. The van der Waals surface area contributed by atoms with Gasteiger partial charge in [-0.05, 0) is 33.0 Å². The molecule has 5 heteroatoms. The van der Waals surface area contributed by atoms with Crippen molar-refractivity contribution in [3.05, 3.63) is 24.0 Å². The minimum atomic E-state index is -0.909. The van der Waals surface area contributed by atoms with Crippen LogP contribution in [0.25, 0.3) is 0 Å². The number of pyridine rings is 1. The van der Waals surface area contributed by atoms with E-state index in [-0.39, 0.29) is 0 Å². The van der Waals surface area contributed by atoms with E-state index in [1.165, 1.54) is 6.20 Å². The van der Waals surface area contributed by atoms with Crippen LogP contribution in [0.4, 0.5) is 5.69 Å². The largest absolute Gasteiger partial charge is 0.478 e. The number of aromatic carboxylic acids is 1. The van der Waals surface area contributed by atoms with E-state index >= 15 is 0 Å². The minimum absolute atomic E-state index is 0.292. The summed E-state index contributed by atoms with van der Waals surface area (Å²) in [7, 11) is 4.19. The second-order valence-corrected chi connectivity index (χ2v) is 4.88. The van der Waals surface area contributed by atoms with Gasteiger partial charge in [-0.2, -0.15) is 0 Å². The molecule has 1 saturated heterocycles. The molecule has 0 atom stereocenters. The number of hydrogen-bond acceptors (Lipinski definition) is 4. The molecule has 1 aliphatic rings. The third kappa shape index (κ3) is 2.61. The summed E-state index contributed by atoms with van der Waals surface area (Å²) < 4.78 is 0. The maximum absolute atomic E-state index is 11.2. The van der Waals surface area contributed by atoms with Crippen LogP contribution in [0.2, 0.25) is 0 Å². The summed E-state index contributed by atoms with van der Waals surface area (Å²) in [6, 6.07) is 2.38. The molecule has 1 N–H and O–H groups in total. The zero-order valence-electron chi connectivity index (χ0n) is 10.8. The molecule has 18 heavy (non-hydrogen) atoms. The highest BCUT2D eigenvalue weighted by Gasteiger charge is 2.23. The molecule has 0 unspecified atom stereocenters. The van der Waals surface area contributed by atoms with Gasteiger partial charge < -0.3 is 14.9 Å². The first-order valence-electron chi connectivity index (χ1n) is 6.18. The van der Waals surface area contributed by atoms with Crippen LogP contribution >= 0.6 is 0 Å². The fourth-order valence-electron chi connectivity index (χ4n) is 2.45. The molecular formula is C13H19N3O2. The summed E-state index contributed by atoms with van der Waals surface area (Å²) >= 11 is 0. The van der Waals surface area contributed by atoms with E-state index in [9.17, 15) is 4.79 Å². The number of carboxylic acids is 1. The molecule has 0 bridgehead atoms. The normalized spacial score (nSPS) is 17.2. The maximum atomic E-state index is 11.2. The van der Waals surface area contributed by atoms with Crippen molar-refractivity contribution in [3.63, 3.8) is 0 Å². The summed E-state index contributed by atoms with van der Waals surface area (Å²) in [5.41, 5.74) is 1.08. The fourth-order valence-corrected chi connectivity index (χ4v) is 2.45. The average Bonchev–Trinajstić information content (AvgIpc) is 2.39. The van der Waals surface area contributed by atoms with Crippen LogP contribution in [0.3, 0.4) is 0 Å². The summed E-state index contributed by atoms with van der Waals surface area (Å²) in [4.78, 5) is 19.4. The van der Waals surface area contributed by atoms with Crippen molar-refractivity contribution < 1.29 is 9.90 Å². The Kier molecular flexibility index (Phi) is 3.81. The van der Waals surface area contributed by atoms with E-state index in [0.29, 0.717) is 11.6 Å². The molecule has 2 heterocycles. The Morgan fingerprint density at radius 2 is 2.11 bits per heavy atom. The van der Waals surface area contributed by atoms with Gasteiger partial charge in [-0.25, -0.2) is 4.79 Å². The molecule has 0 saturated carbocycles. The predicted molar refractivity (Wildman–Crippen MR) is 70.1 cm³/mol. The van der Waals surface area contributed by atoms with Crippen LogP contribution in [0, 0.1) is 0 Å². The molecule has 2 rings (SSSR count). The van der Waals surface area contributed by atoms with Gasteiger partial charge in [0.2, 0.25) is 0 Å². The maximum Gasteiger partial charge on any atom is 0.339 e. The molecular weight excluding hydrogens is 230 g/mol. The van der Waals surface area contributed by atoms with Crippen LogP contribution < -0.4 is 4.90 Å². The number of carboxylic acid groups (broad SMARTS) is 1. The summed E-state index contributed by atoms with van der Waals surface area (Å²) in [6.45, 7) is 1.79. The van der Waals surface area contributed by atoms with E-state index < -0.39 is 5.97 Å². The lowest BCUT2D eigenvalue weighted by molar-refractivity contribution is 0.0697. The molecule has 0 aromatic carbocycles. The van der Waals surface area contributed by atoms with Gasteiger partial charge in [0.05, 0.1) is 5.69 Å². The third-order valence-corrected chi connectivity index (χ3v) is 3.56. The van der Waals surface area contributed by atoms with Crippen molar-refractivity contribution in [3.8, 4) is 0 Å². The van der Waals surface area contributed by atoms with Crippen molar-refractivity contribution in [1.82, 2.24) is 9.88 Å². The fraction of sp³-hybridized carbons (Fsp3) is 0.538.